The highest BCUT2D eigenvalue weighted by molar-refractivity contribution is 6.13. The van der Waals surface area contributed by atoms with Crippen LogP contribution in [0, 0.1) is 6.92 Å². The molecule has 1 fully saturated rings. The molecule has 4 rings (SSSR count). The number of anilines is 2. The summed E-state index contributed by atoms with van der Waals surface area (Å²) in [4.78, 5) is 34.2. The van der Waals surface area contributed by atoms with E-state index >= 15 is 0 Å². The predicted molar refractivity (Wildman–Crippen MR) is 128 cm³/mol. The van der Waals surface area contributed by atoms with Gasteiger partial charge in [-0.3, -0.25) is 14.8 Å². The van der Waals surface area contributed by atoms with E-state index in [-0.39, 0.29) is 23.7 Å². The molecule has 2 aromatic heterocycles. The lowest BCUT2D eigenvalue weighted by Crippen LogP contribution is -2.45. The van der Waals surface area contributed by atoms with Crippen molar-refractivity contribution in [1.82, 2.24) is 25.0 Å². The Kier molecular flexibility index (Phi) is 7.56. The second-order valence-electron chi connectivity index (χ2n) is 8.21. The molecule has 1 aliphatic heterocycles. The summed E-state index contributed by atoms with van der Waals surface area (Å²) < 4.78 is 40.5. The normalized spacial score (nSPS) is 14.5. The van der Waals surface area contributed by atoms with E-state index in [1.54, 1.807) is 11.7 Å². The molecule has 2 N–H and O–H groups in total. The second-order valence-corrected chi connectivity index (χ2v) is 8.21. The molecule has 1 aromatic carbocycles. The van der Waals surface area contributed by atoms with Gasteiger partial charge in [0.25, 0.3) is 5.91 Å². The van der Waals surface area contributed by atoms with Gasteiger partial charge in [0.05, 0.1) is 27.9 Å². The topological polar surface area (TPSA) is 95.4 Å². The first-order valence-electron chi connectivity index (χ1n) is 10.6. The van der Waals surface area contributed by atoms with Crippen molar-refractivity contribution in [3.63, 3.8) is 0 Å². The van der Waals surface area contributed by atoms with Gasteiger partial charge in [-0.15, -0.1) is 12.4 Å². The van der Waals surface area contributed by atoms with Crippen molar-refractivity contribution in [3.8, 4) is 0 Å². The lowest BCUT2D eigenvalue weighted by Gasteiger charge is -2.35. The predicted octanol–water partition coefficient (Wildman–Crippen LogP) is 3.43. The van der Waals surface area contributed by atoms with Crippen LogP contribution >= 0.6 is 12.4 Å². The van der Waals surface area contributed by atoms with E-state index < -0.39 is 23.7 Å². The number of urea groups is 1. The molecule has 0 atom stereocenters. The molecule has 0 bridgehead atoms. The second kappa shape index (κ2) is 10.1. The highest BCUT2D eigenvalue weighted by atomic mass is 35.5. The first kappa shape index (κ1) is 26.2. The smallest absolute Gasteiger partial charge is 0.368 e. The van der Waals surface area contributed by atoms with E-state index in [0.29, 0.717) is 30.1 Å². The molecule has 9 nitrogen and oxygen atoms in total. The van der Waals surface area contributed by atoms with E-state index in [2.05, 4.69) is 30.5 Å². The number of imide groups is 1. The van der Waals surface area contributed by atoms with Crippen LogP contribution < -0.4 is 15.5 Å². The van der Waals surface area contributed by atoms with Gasteiger partial charge in [0.2, 0.25) is 0 Å². The van der Waals surface area contributed by atoms with Gasteiger partial charge < -0.3 is 15.1 Å². The van der Waals surface area contributed by atoms with Crippen LogP contribution in [0.2, 0.25) is 0 Å². The fourth-order valence-electron chi connectivity index (χ4n) is 4.02. The molecule has 13 heteroatoms. The van der Waals surface area contributed by atoms with Crippen LogP contribution in [-0.2, 0) is 13.2 Å². The Hall–Kier alpha value is -3.38. The summed E-state index contributed by atoms with van der Waals surface area (Å²) in [5.74, 6) is -0.712. The third-order valence-corrected chi connectivity index (χ3v) is 5.74. The summed E-state index contributed by atoms with van der Waals surface area (Å²) in [7, 11) is 3.78. The first-order valence-corrected chi connectivity index (χ1v) is 10.6. The summed E-state index contributed by atoms with van der Waals surface area (Å²) >= 11 is 0. The van der Waals surface area contributed by atoms with Gasteiger partial charge in [0, 0.05) is 45.1 Å². The number of amides is 3. The van der Waals surface area contributed by atoms with Crippen molar-refractivity contribution in [2.45, 2.75) is 13.1 Å². The molecule has 0 radical (unpaired) electrons. The highest BCUT2D eigenvalue weighted by Gasteiger charge is 2.31. The van der Waals surface area contributed by atoms with Crippen LogP contribution in [0.1, 0.15) is 21.6 Å². The lowest BCUT2D eigenvalue weighted by molar-refractivity contribution is -0.137. The van der Waals surface area contributed by atoms with Crippen LogP contribution in [0.15, 0.2) is 30.5 Å². The Bertz CT molecular complexity index is 1250. The standard InChI is InChI=1S/C22H24F3N7O2.ClH/c1-13-17-18(32-9-7-30(2)8-10-32)16(12-26-19(17)31(3)29-13)20(33)28-21(34)27-15-6-4-5-14(11-15)22(23,24)25;/h4-6,11-12H,7-10H2,1-3H3,(H2,27,28,33,34);1H. The van der Waals surface area contributed by atoms with Crippen LogP contribution in [0.4, 0.5) is 29.3 Å². The zero-order valence-electron chi connectivity index (χ0n) is 19.3. The summed E-state index contributed by atoms with van der Waals surface area (Å²) in [5, 5.41) is 9.63. The first-order chi connectivity index (χ1) is 16.0. The van der Waals surface area contributed by atoms with Crippen molar-refractivity contribution in [1.29, 1.82) is 0 Å². The van der Waals surface area contributed by atoms with Gasteiger partial charge in [-0.1, -0.05) is 6.07 Å². The minimum absolute atomic E-state index is 0. The van der Waals surface area contributed by atoms with Gasteiger partial charge in [-0.25, -0.2) is 9.78 Å². The Balaban J connectivity index is 0.00000342. The maximum atomic E-state index is 13.1. The van der Waals surface area contributed by atoms with Gasteiger partial charge >= 0.3 is 12.2 Å². The summed E-state index contributed by atoms with van der Waals surface area (Å²) in [6, 6.07) is 3.23. The number of fused-ring (bicyclic) bond motifs is 1. The van der Waals surface area contributed by atoms with Crippen molar-refractivity contribution < 1.29 is 22.8 Å². The number of carbonyl (C=O) groups excluding carboxylic acids is 2. The van der Waals surface area contributed by atoms with Crippen LogP contribution in [0.5, 0.6) is 0 Å². The molecule has 3 aromatic rings. The Morgan fingerprint density at radius 3 is 2.43 bits per heavy atom. The number of carbonyl (C=O) groups is 2. The van der Waals surface area contributed by atoms with Gasteiger partial charge in [0.15, 0.2) is 5.65 Å². The number of hydrogen-bond donors (Lipinski definition) is 2. The number of aromatic nitrogens is 3. The molecule has 3 amide bonds. The number of pyridine rings is 1. The van der Waals surface area contributed by atoms with Crippen LogP contribution in [0.25, 0.3) is 11.0 Å². The zero-order chi connectivity index (χ0) is 24.6. The molecule has 3 heterocycles. The van der Waals surface area contributed by atoms with Crippen LogP contribution in [-0.4, -0.2) is 64.8 Å². The number of nitrogens with zero attached hydrogens (tertiary/aromatic N) is 5. The van der Waals surface area contributed by atoms with E-state index in [4.69, 9.17) is 0 Å². The van der Waals surface area contributed by atoms with Crippen molar-refractivity contribution in [2.75, 3.05) is 43.4 Å². The number of piperazine rings is 1. The maximum Gasteiger partial charge on any atom is 0.416 e. The van der Waals surface area contributed by atoms with Gasteiger partial charge in [-0.2, -0.15) is 18.3 Å². The molecule has 0 aliphatic carbocycles. The number of likely N-dealkylation sites (N-methyl/N-ethyl adjacent to an activating group) is 1. The minimum Gasteiger partial charge on any atom is -0.368 e. The molecular formula is C22H25ClF3N7O2. The molecule has 35 heavy (non-hydrogen) atoms. The fourth-order valence-corrected chi connectivity index (χ4v) is 4.02. The van der Waals surface area contributed by atoms with Gasteiger partial charge in [-0.05, 0) is 32.2 Å². The summed E-state index contributed by atoms with van der Waals surface area (Å²) in [6.07, 6.45) is -3.16. The minimum atomic E-state index is -4.55. The van der Waals surface area contributed by atoms with E-state index in [1.165, 1.54) is 18.3 Å². The van der Waals surface area contributed by atoms with E-state index in [1.807, 2.05) is 14.0 Å². The Morgan fingerprint density at radius 2 is 1.77 bits per heavy atom. The number of rotatable bonds is 3. The third kappa shape index (κ3) is 5.49. The monoisotopic (exact) mass is 511 g/mol. The van der Waals surface area contributed by atoms with E-state index in [9.17, 15) is 22.8 Å². The molecular weight excluding hydrogens is 487 g/mol. The van der Waals surface area contributed by atoms with Crippen molar-refractivity contribution in [2.24, 2.45) is 7.05 Å². The molecule has 188 valence electrons. The molecule has 1 aliphatic rings. The zero-order valence-corrected chi connectivity index (χ0v) is 20.1. The number of halogens is 4. The lowest BCUT2D eigenvalue weighted by atomic mass is 10.1. The molecule has 0 unspecified atom stereocenters. The SMILES string of the molecule is Cc1nn(C)c2ncc(C(=O)NC(=O)Nc3cccc(C(F)(F)F)c3)c(N3CCN(C)CC3)c12.Cl. The number of benzene rings is 1. The largest absolute Gasteiger partial charge is 0.416 e. The fraction of sp³-hybridized carbons (Fsp3) is 0.364. The molecule has 0 saturated carbocycles. The molecule has 1 saturated heterocycles. The number of alkyl halides is 3. The number of nitrogens with one attached hydrogen (secondary N) is 2. The van der Waals surface area contributed by atoms with Crippen LogP contribution in [0.3, 0.4) is 0 Å². The third-order valence-electron chi connectivity index (χ3n) is 5.74. The average molecular weight is 512 g/mol. The Labute approximate surface area is 205 Å². The maximum absolute atomic E-state index is 13.1. The van der Waals surface area contributed by atoms with E-state index in [0.717, 1.165) is 30.6 Å². The van der Waals surface area contributed by atoms with Crippen molar-refractivity contribution >= 4 is 46.8 Å². The highest BCUT2D eigenvalue weighted by Crippen LogP contribution is 2.33. The number of hydrogen-bond acceptors (Lipinski definition) is 6. The summed E-state index contributed by atoms with van der Waals surface area (Å²) in [5.41, 5.74) is 1.13. The van der Waals surface area contributed by atoms with Gasteiger partial charge in [0.1, 0.15) is 0 Å². The summed E-state index contributed by atoms with van der Waals surface area (Å²) in [6.45, 7) is 4.74. The number of aryl methyl sites for hydroxylation is 2. The van der Waals surface area contributed by atoms with Crippen molar-refractivity contribution in [3.05, 3.63) is 47.3 Å². The Morgan fingerprint density at radius 1 is 1.09 bits per heavy atom. The quantitative estimate of drug-likeness (QED) is 0.559. The average Bonchev–Trinajstić information content (AvgIpc) is 3.07. The molecule has 0 spiro atoms.